The number of nitro benzene ring substituents is 1. The summed E-state index contributed by atoms with van der Waals surface area (Å²) in [6.45, 7) is 0.574. The summed E-state index contributed by atoms with van der Waals surface area (Å²) >= 11 is 5.89. The lowest BCUT2D eigenvalue weighted by atomic mass is 10.00. The molecule has 0 bridgehead atoms. The lowest BCUT2D eigenvalue weighted by molar-refractivity contribution is -0.385. The molecule has 0 radical (unpaired) electrons. The molecule has 0 unspecified atom stereocenters. The fourth-order valence-electron chi connectivity index (χ4n) is 2.27. The van der Waals surface area contributed by atoms with Crippen molar-refractivity contribution in [3.05, 3.63) is 33.3 Å². The lowest BCUT2D eigenvalue weighted by Crippen LogP contribution is -2.39. The molecule has 2 rings (SSSR count). The smallest absolute Gasteiger partial charge is 0.270 e. The molecule has 1 heterocycles. The van der Waals surface area contributed by atoms with E-state index in [-0.39, 0.29) is 41.2 Å². The monoisotopic (exact) mass is 334 g/mol. The fraction of sp³-hybridized carbons (Fsp3) is 0.500. The maximum absolute atomic E-state index is 12.5. The molecule has 0 aromatic heterocycles. The molecule has 1 N–H and O–H groups in total. The Kier molecular flexibility index (Phi) is 4.82. The van der Waals surface area contributed by atoms with Crippen LogP contribution in [0.3, 0.4) is 0 Å². The summed E-state index contributed by atoms with van der Waals surface area (Å²) in [4.78, 5) is 9.87. The molecule has 1 aromatic carbocycles. The number of benzene rings is 1. The summed E-state index contributed by atoms with van der Waals surface area (Å²) in [7, 11) is -3.87. The number of rotatable bonds is 4. The Hall–Kier alpha value is -1.22. The van der Waals surface area contributed by atoms with Gasteiger partial charge in [0.1, 0.15) is 4.90 Å². The third-order valence-electron chi connectivity index (χ3n) is 3.58. The minimum Gasteiger partial charge on any atom is -0.396 e. The van der Waals surface area contributed by atoms with Gasteiger partial charge in [-0.15, -0.1) is 0 Å². The van der Waals surface area contributed by atoms with Crippen molar-refractivity contribution < 1.29 is 18.4 Å². The third kappa shape index (κ3) is 3.34. The number of hydrogen-bond donors (Lipinski definition) is 1. The van der Waals surface area contributed by atoms with Crippen LogP contribution in [0.2, 0.25) is 5.02 Å². The molecule has 0 aliphatic carbocycles. The van der Waals surface area contributed by atoms with Gasteiger partial charge in [-0.3, -0.25) is 10.1 Å². The summed E-state index contributed by atoms with van der Waals surface area (Å²) in [6.07, 6.45) is 1.12. The summed E-state index contributed by atoms with van der Waals surface area (Å²) in [5, 5.41) is 19.8. The van der Waals surface area contributed by atoms with Crippen molar-refractivity contribution in [3.63, 3.8) is 0 Å². The van der Waals surface area contributed by atoms with Gasteiger partial charge in [0.25, 0.3) is 5.69 Å². The molecular formula is C12H15ClN2O5S. The fourth-order valence-corrected chi connectivity index (χ4v) is 4.24. The first kappa shape index (κ1) is 16.2. The second kappa shape index (κ2) is 6.27. The molecule has 1 aliphatic rings. The number of aliphatic hydroxyl groups excluding tert-OH is 1. The Balaban J connectivity index is 2.32. The highest BCUT2D eigenvalue weighted by molar-refractivity contribution is 7.89. The molecule has 21 heavy (non-hydrogen) atoms. The van der Waals surface area contributed by atoms with Crippen LogP contribution in [-0.2, 0) is 10.0 Å². The molecule has 1 saturated heterocycles. The van der Waals surface area contributed by atoms with Crippen LogP contribution in [0.15, 0.2) is 23.1 Å². The van der Waals surface area contributed by atoms with Crippen LogP contribution < -0.4 is 0 Å². The van der Waals surface area contributed by atoms with E-state index in [2.05, 4.69) is 0 Å². The Labute approximate surface area is 127 Å². The Morgan fingerprint density at radius 2 is 2.00 bits per heavy atom. The standard InChI is InChI=1S/C12H15ClN2O5S/c13-11-2-1-10(15(17)18)7-12(11)21(19,20)14-5-3-9(8-16)4-6-14/h1-2,7,9,16H,3-6,8H2. The Morgan fingerprint density at radius 1 is 1.38 bits per heavy atom. The van der Waals surface area contributed by atoms with E-state index in [1.807, 2.05) is 0 Å². The number of sulfonamides is 1. The van der Waals surface area contributed by atoms with Crippen molar-refractivity contribution >= 4 is 27.3 Å². The molecule has 0 atom stereocenters. The topological polar surface area (TPSA) is 101 Å². The second-order valence-corrected chi connectivity index (χ2v) is 7.22. The van der Waals surface area contributed by atoms with Crippen LogP contribution in [0.4, 0.5) is 5.69 Å². The Morgan fingerprint density at radius 3 is 2.52 bits per heavy atom. The SMILES string of the molecule is O=[N+]([O-])c1ccc(Cl)c(S(=O)(=O)N2CCC(CO)CC2)c1. The molecule has 9 heteroatoms. The first-order valence-electron chi connectivity index (χ1n) is 6.41. The summed E-state index contributed by atoms with van der Waals surface area (Å²) in [6, 6.07) is 3.36. The van der Waals surface area contributed by atoms with Gasteiger partial charge >= 0.3 is 0 Å². The number of non-ortho nitro benzene ring substituents is 1. The van der Waals surface area contributed by atoms with Gasteiger partial charge in [0.05, 0.1) is 9.95 Å². The number of piperidine rings is 1. The van der Waals surface area contributed by atoms with Gasteiger partial charge in [-0.25, -0.2) is 8.42 Å². The Bertz CT molecular complexity index is 641. The van der Waals surface area contributed by atoms with Gasteiger partial charge in [0, 0.05) is 31.8 Å². The first-order chi connectivity index (χ1) is 9.86. The van der Waals surface area contributed by atoms with Crippen LogP contribution in [0.25, 0.3) is 0 Å². The number of nitrogens with zero attached hydrogens (tertiary/aromatic N) is 2. The zero-order valence-corrected chi connectivity index (χ0v) is 12.7. The zero-order chi connectivity index (χ0) is 15.6. The van der Waals surface area contributed by atoms with Gasteiger partial charge in [-0.05, 0) is 24.8 Å². The third-order valence-corrected chi connectivity index (χ3v) is 5.96. The molecule has 0 spiro atoms. The van der Waals surface area contributed by atoms with Crippen molar-refractivity contribution in [1.82, 2.24) is 4.31 Å². The largest absolute Gasteiger partial charge is 0.396 e. The quantitative estimate of drug-likeness (QED) is 0.666. The first-order valence-corrected chi connectivity index (χ1v) is 8.23. The number of nitro groups is 1. The van der Waals surface area contributed by atoms with Crippen LogP contribution in [0, 0.1) is 16.0 Å². The molecule has 7 nitrogen and oxygen atoms in total. The van der Waals surface area contributed by atoms with Crippen LogP contribution in [0.1, 0.15) is 12.8 Å². The van der Waals surface area contributed by atoms with Gasteiger partial charge in [-0.1, -0.05) is 11.6 Å². The van der Waals surface area contributed by atoms with E-state index in [0.29, 0.717) is 12.8 Å². The summed E-state index contributed by atoms with van der Waals surface area (Å²) < 4.78 is 26.3. The van der Waals surface area contributed by atoms with Gasteiger partial charge in [0.15, 0.2) is 0 Å². The molecule has 1 aromatic rings. The average Bonchev–Trinajstić information content (AvgIpc) is 2.47. The van der Waals surface area contributed by atoms with Crippen molar-refractivity contribution in [3.8, 4) is 0 Å². The second-order valence-electron chi connectivity index (χ2n) is 4.90. The average molecular weight is 335 g/mol. The van der Waals surface area contributed by atoms with Crippen LogP contribution >= 0.6 is 11.6 Å². The molecule has 1 aliphatic heterocycles. The maximum Gasteiger partial charge on any atom is 0.270 e. The summed E-state index contributed by atoms with van der Waals surface area (Å²) in [5.74, 6) is 0.0945. The molecule has 0 amide bonds. The molecule has 0 saturated carbocycles. The van der Waals surface area contributed by atoms with E-state index in [9.17, 15) is 18.5 Å². The van der Waals surface area contributed by atoms with Crippen molar-refractivity contribution in [2.24, 2.45) is 5.92 Å². The zero-order valence-electron chi connectivity index (χ0n) is 11.1. The van der Waals surface area contributed by atoms with E-state index in [1.165, 1.54) is 16.4 Å². The molecular weight excluding hydrogens is 320 g/mol. The van der Waals surface area contributed by atoms with Crippen LogP contribution in [-0.4, -0.2) is 42.4 Å². The van der Waals surface area contributed by atoms with E-state index in [4.69, 9.17) is 16.7 Å². The lowest BCUT2D eigenvalue weighted by Gasteiger charge is -2.30. The van der Waals surface area contributed by atoms with E-state index in [0.717, 1.165) is 6.07 Å². The van der Waals surface area contributed by atoms with E-state index in [1.54, 1.807) is 0 Å². The van der Waals surface area contributed by atoms with Crippen molar-refractivity contribution in [2.45, 2.75) is 17.7 Å². The van der Waals surface area contributed by atoms with Crippen molar-refractivity contribution in [1.29, 1.82) is 0 Å². The predicted molar refractivity (Wildman–Crippen MR) is 76.7 cm³/mol. The van der Waals surface area contributed by atoms with Gasteiger partial charge < -0.3 is 5.11 Å². The normalized spacial score (nSPS) is 17.8. The van der Waals surface area contributed by atoms with E-state index < -0.39 is 14.9 Å². The van der Waals surface area contributed by atoms with E-state index >= 15 is 0 Å². The maximum atomic E-state index is 12.5. The highest BCUT2D eigenvalue weighted by atomic mass is 35.5. The van der Waals surface area contributed by atoms with Crippen LogP contribution in [0.5, 0.6) is 0 Å². The minimum absolute atomic E-state index is 0.0332. The van der Waals surface area contributed by atoms with Gasteiger partial charge in [0.2, 0.25) is 10.0 Å². The molecule has 1 fully saturated rings. The number of aliphatic hydroxyl groups is 1. The number of halogens is 1. The highest BCUT2D eigenvalue weighted by Crippen LogP contribution is 2.30. The minimum atomic E-state index is -3.87. The number of hydrogen-bond acceptors (Lipinski definition) is 5. The van der Waals surface area contributed by atoms with Gasteiger partial charge in [-0.2, -0.15) is 4.31 Å². The highest BCUT2D eigenvalue weighted by Gasteiger charge is 2.31. The summed E-state index contributed by atoms with van der Waals surface area (Å²) in [5.41, 5.74) is -0.316. The van der Waals surface area contributed by atoms with Crippen molar-refractivity contribution in [2.75, 3.05) is 19.7 Å². The predicted octanol–water partition coefficient (Wildman–Crippen LogP) is 1.64. The molecule has 116 valence electrons.